The third kappa shape index (κ3) is 4.96. The Hall–Kier alpha value is -0.370. The van der Waals surface area contributed by atoms with Crippen LogP contribution in [0.25, 0.3) is 0 Å². The molecule has 66 valence electrons. The summed E-state index contributed by atoms with van der Waals surface area (Å²) in [4.78, 5) is 11.2. The van der Waals surface area contributed by atoms with E-state index in [1.165, 1.54) is 0 Å². The maximum absolute atomic E-state index is 11.2. The highest BCUT2D eigenvalue weighted by molar-refractivity contribution is 5.87. The Bertz CT molecular complexity index is 124. The predicted octanol–water partition coefficient (Wildman–Crippen LogP) is 1.87. The molecule has 0 aliphatic carbocycles. The molecule has 0 rings (SSSR count). The molecule has 2 N–H and O–H groups in total. The van der Waals surface area contributed by atoms with E-state index in [-0.39, 0.29) is 5.78 Å². The molecular weight excluding hydrogens is 138 g/mol. The zero-order valence-corrected chi connectivity index (χ0v) is 7.81. The lowest BCUT2D eigenvalue weighted by Gasteiger charge is -2.16. The van der Waals surface area contributed by atoms with Crippen LogP contribution in [0.15, 0.2) is 0 Å². The van der Waals surface area contributed by atoms with Crippen molar-refractivity contribution < 1.29 is 4.79 Å². The molecule has 0 aromatic carbocycles. The van der Waals surface area contributed by atoms with Crippen molar-refractivity contribution >= 4 is 5.78 Å². The van der Waals surface area contributed by atoms with Gasteiger partial charge < -0.3 is 5.73 Å². The van der Waals surface area contributed by atoms with Gasteiger partial charge in [0.05, 0.1) is 5.54 Å². The largest absolute Gasteiger partial charge is 0.319 e. The van der Waals surface area contributed by atoms with Crippen LogP contribution in [-0.2, 0) is 4.79 Å². The van der Waals surface area contributed by atoms with Crippen LogP contribution in [-0.4, -0.2) is 11.3 Å². The van der Waals surface area contributed by atoms with E-state index in [1.54, 1.807) is 13.8 Å². The number of carbonyl (C=O) groups is 1. The first-order valence-corrected chi connectivity index (χ1v) is 4.30. The van der Waals surface area contributed by atoms with Crippen LogP contribution in [0.1, 0.15) is 46.5 Å². The first-order chi connectivity index (χ1) is 4.98. The highest BCUT2D eigenvalue weighted by atomic mass is 16.1. The van der Waals surface area contributed by atoms with E-state index in [1.807, 2.05) is 0 Å². The summed E-state index contributed by atoms with van der Waals surface area (Å²) in [5, 5.41) is 0. The number of hydrogen-bond donors (Lipinski definition) is 1. The van der Waals surface area contributed by atoms with E-state index in [9.17, 15) is 4.79 Å². The molecule has 0 aliphatic rings. The summed E-state index contributed by atoms with van der Waals surface area (Å²) < 4.78 is 0. The molecule has 0 aromatic rings. The third-order valence-electron chi connectivity index (χ3n) is 1.73. The molecule has 0 saturated heterocycles. The second-order valence-electron chi connectivity index (χ2n) is 3.60. The van der Waals surface area contributed by atoms with Crippen molar-refractivity contribution in [3.63, 3.8) is 0 Å². The van der Waals surface area contributed by atoms with Gasteiger partial charge in [0.25, 0.3) is 0 Å². The monoisotopic (exact) mass is 157 g/mol. The summed E-state index contributed by atoms with van der Waals surface area (Å²) in [6, 6.07) is 0. The fraction of sp³-hybridized carbons (Fsp3) is 0.889. The minimum Gasteiger partial charge on any atom is -0.319 e. The maximum Gasteiger partial charge on any atom is 0.152 e. The quantitative estimate of drug-likeness (QED) is 0.619. The Morgan fingerprint density at radius 2 is 1.91 bits per heavy atom. The van der Waals surface area contributed by atoms with Gasteiger partial charge >= 0.3 is 0 Å². The molecule has 0 heterocycles. The van der Waals surface area contributed by atoms with E-state index >= 15 is 0 Å². The highest BCUT2D eigenvalue weighted by Gasteiger charge is 2.20. The van der Waals surface area contributed by atoms with Crippen LogP contribution in [0.2, 0.25) is 0 Å². The maximum atomic E-state index is 11.2. The zero-order chi connectivity index (χ0) is 8.91. The summed E-state index contributed by atoms with van der Waals surface area (Å²) in [6.45, 7) is 5.65. The van der Waals surface area contributed by atoms with Gasteiger partial charge in [0.2, 0.25) is 0 Å². The second kappa shape index (κ2) is 4.50. The van der Waals surface area contributed by atoms with Gasteiger partial charge in [-0.3, -0.25) is 4.79 Å². The Kier molecular flexibility index (Phi) is 4.34. The minimum absolute atomic E-state index is 0.172. The normalized spacial score (nSPS) is 11.6. The molecular formula is C9H19NO. The van der Waals surface area contributed by atoms with Crippen molar-refractivity contribution in [2.75, 3.05) is 0 Å². The molecule has 11 heavy (non-hydrogen) atoms. The lowest BCUT2D eigenvalue weighted by Crippen LogP contribution is -2.41. The van der Waals surface area contributed by atoms with Crippen LogP contribution in [0, 0.1) is 0 Å². The fourth-order valence-electron chi connectivity index (χ4n) is 0.858. The topological polar surface area (TPSA) is 43.1 Å². The van der Waals surface area contributed by atoms with Crippen molar-refractivity contribution in [1.82, 2.24) is 0 Å². The van der Waals surface area contributed by atoms with Gasteiger partial charge in [0, 0.05) is 6.42 Å². The highest BCUT2D eigenvalue weighted by Crippen LogP contribution is 2.07. The first kappa shape index (κ1) is 10.6. The molecule has 0 unspecified atom stereocenters. The van der Waals surface area contributed by atoms with Crippen molar-refractivity contribution in [2.24, 2.45) is 5.73 Å². The number of carbonyl (C=O) groups excluding carboxylic acids is 1. The number of Topliss-reactive ketones (excluding diaryl/α,β-unsaturated/α-hetero) is 1. The van der Waals surface area contributed by atoms with E-state index in [0.717, 1.165) is 19.3 Å². The van der Waals surface area contributed by atoms with Gasteiger partial charge in [0.1, 0.15) is 0 Å². The summed E-state index contributed by atoms with van der Waals surface area (Å²) in [6.07, 6.45) is 3.90. The summed E-state index contributed by atoms with van der Waals surface area (Å²) in [5.41, 5.74) is 4.98. The molecule has 0 aromatic heterocycles. The smallest absolute Gasteiger partial charge is 0.152 e. The van der Waals surface area contributed by atoms with Gasteiger partial charge in [-0.15, -0.1) is 0 Å². The number of nitrogens with two attached hydrogens (primary N) is 1. The molecule has 2 heteroatoms. The summed E-state index contributed by atoms with van der Waals surface area (Å²) in [5.74, 6) is 0.172. The fourth-order valence-corrected chi connectivity index (χ4v) is 0.858. The molecule has 0 aliphatic heterocycles. The molecule has 0 radical (unpaired) electrons. The van der Waals surface area contributed by atoms with Crippen molar-refractivity contribution in [3.05, 3.63) is 0 Å². The number of hydrogen-bond acceptors (Lipinski definition) is 2. The SMILES string of the molecule is CCCCCC(=O)C(C)(C)N. The Morgan fingerprint density at radius 1 is 1.36 bits per heavy atom. The van der Waals surface area contributed by atoms with Gasteiger partial charge in [-0.25, -0.2) is 0 Å². The molecule has 0 saturated carbocycles. The van der Waals surface area contributed by atoms with Gasteiger partial charge in [-0.2, -0.15) is 0 Å². The molecule has 0 fully saturated rings. The van der Waals surface area contributed by atoms with E-state index in [4.69, 9.17) is 5.73 Å². The van der Waals surface area contributed by atoms with Crippen LogP contribution in [0.3, 0.4) is 0 Å². The lowest BCUT2D eigenvalue weighted by molar-refractivity contribution is -0.123. The Balaban J connectivity index is 3.54. The van der Waals surface area contributed by atoms with Crippen LogP contribution < -0.4 is 5.73 Å². The van der Waals surface area contributed by atoms with Crippen molar-refractivity contribution in [2.45, 2.75) is 52.0 Å². The van der Waals surface area contributed by atoms with Gasteiger partial charge in [-0.1, -0.05) is 19.8 Å². The van der Waals surface area contributed by atoms with Gasteiger partial charge in [0.15, 0.2) is 5.78 Å². The predicted molar refractivity (Wildman–Crippen MR) is 47.4 cm³/mol. The average Bonchev–Trinajstić information content (AvgIpc) is 1.86. The van der Waals surface area contributed by atoms with Gasteiger partial charge in [-0.05, 0) is 20.3 Å². The number of rotatable bonds is 5. The van der Waals surface area contributed by atoms with Crippen LogP contribution in [0.4, 0.5) is 0 Å². The average molecular weight is 157 g/mol. The summed E-state index contributed by atoms with van der Waals surface area (Å²) >= 11 is 0. The van der Waals surface area contributed by atoms with Crippen molar-refractivity contribution in [1.29, 1.82) is 0 Å². The van der Waals surface area contributed by atoms with Crippen LogP contribution in [0.5, 0.6) is 0 Å². The number of ketones is 1. The Morgan fingerprint density at radius 3 is 2.27 bits per heavy atom. The standard InChI is InChI=1S/C9H19NO/c1-4-5-6-7-8(11)9(2,3)10/h4-7,10H2,1-3H3. The van der Waals surface area contributed by atoms with E-state index < -0.39 is 5.54 Å². The molecule has 0 amide bonds. The Labute approximate surface area is 69.2 Å². The number of unbranched alkanes of at least 4 members (excludes halogenated alkanes) is 2. The van der Waals surface area contributed by atoms with Crippen LogP contribution >= 0.6 is 0 Å². The molecule has 0 atom stereocenters. The zero-order valence-electron chi connectivity index (χ0n) is 7.81. The first-order valence-electron chi connectivity index (χ1n) is 4.30. The lowest BCUT2D eigenvalue weighted by atomic mass is 9.96. The van der Waals surface area contributed by atoms with E-state index in [2.05, 4.69) is 6.92 Å². The minimum atomic E-state index is -0.631. The second-order valence-corrected chi connectivity index (χ2v) is 3.60. The molecule has 2 nitrogen and oxygen atoms in total. The summed E-state index contributed by atoms with van der Waals surface area (Å²) in [7, 11) is 0. The van der Waals surface area contributed by atoms with Crippen molar-refractivity contribution in [3.8, 4) is 0 Å². The molecule has 0 spiro atoms. The van der Waals surface area contributed by atoms with E-state index in [0.29, 0.717) is 6.42 Å². The molecule has 0 bridgehead atoms. The third-order valence-corrected chi connectivity index (χ3v) is 1.73.